The summed E-state index contributed by atoms with van der Waals surface area (Å²) in [6.45, 7) is 0.427. The van der Waals surface area contributed by atoms with E-state index >= 15 is 0 Å². The molecule has 0 fully saturated rings. The predicted octanol–water partition coefficient (Wildman–Crippen LogP) is 3.93. The predicted molar refractivity (Wildman–Crippen MR) is 69.9 cm³/mol. The summed E-state index contributed by atoms with van der Waals surface area (Å²) >= 11 is 6.00. The molecule has 100 valence electrons. The van der Waals surface area contributed by atoms with Gasteiger partial charge in [-0.15, -0.1) is 0 Å². The molecular weight excluding hydrogens is 379 g/mol. The van der Waals surface area contributed by atoms with Crippen LogP contribution in [0.4, 0.5) is 13.2 Å². The van der Waals surface area contributed by atoms with E-state index < -0.39 is 17.6 Å². The zero-order valence-corrected chi connectivity index (χ0v) is 12.6. The molecular formula is C11H10Br2F3NO. The minimum absolute atomic E-state index is 0.0222. The minimum Gasteiger partial charge on any atom is -0.341 e. The smallest absolute Gasteiger partial charge is 0.341 e. The van der Waals surface area contributed by atoms with Gasteiger partial charge in [-0.2, -0.15) is 13.2 Å². The first-order chi connectivity index (χ1) is 8.27. The van der Waals surface area contributed by atoms with Crippen molar-refractivity contribution in [3.05, 3.63) is 33.8 Å². The average molecular weight is 389 g/mol. The van der Waals surface area contributed by atoms with Crippen molar-refractivity contribution in [2.24, 2.45) is 0 Å². The fraction of sp³-hybridized carbons (Fsp3) is 0.364. The highest BCUT2D eigenvalue weighted by atomic mass is 79.9. The van der Waals surface area contributed by atoms with E-state index in [1.54, 1.807) is 7.05 Å². The summed E-state index contributed by atoms with van der Waals surface area (Å²) in [5.41, 5.74) is -0.824. The summed E-state index contributed by atoms with van der Waals surface area (Å²) in [6, 6.07) is 3.46. The van der Waals surface area contributed by atoms with Gasteiger partial charge in [0.25, 0.3) is 5.91 Å². The maximum Gasteiger partial charge on any atom is 0.417 e. The molecule has 7 heteroatoms. The van der Waals surface area contributed by atoms with Gasteiger partial charge in [0.15, 0.2) is 0 Å². The van der Waals surface area contributed by atoms with Crippen LogP contribution < -0.4 is 0 Å². The molecule has 1 aromatic carbocycles. The highest BCUT2D eigenvalue weighted by Gasteiger charge is 2.33. The standard InChI is InChI=1S/C11H10Br2F3NO/c1-17(5-4-12)10(18)7-2-3-9(13)8(6-7)11(14,15)16/h2-3,6H,4-5H2,1H3. The van der Waals surface area contributed by atoms with Gasteiger partial charge in [0.1, 0.15) is 0 Å². The lowest BCUT2D eigenvalue weighted by atomic mass is 10.1. The number of nitrogens with zero attached hydrogens (tertiary/aromatic N) is 1. The molecule has 0 aromatic heterocycles. The van der Waals surface area contributed by atoms with E-state index in [9.17, 15) is 18.0 Å². The Morgan fingerprint density at radius 1 is 1.39 bits per heavy atom. The van der Waals surface area contributed by atoms with Crippen LogP contribution in [-0.2, 0) is 6.18 Å². The third kappa shape index (κ3) is 3.71. The summed E-state index contributed by atoms with van der Waals surface area (Å²) in [4.78, 5) is 13.2. The van der Waals surface area contributed by atoms with Gasteiger partial charge in [0.2, 0.25) is 0 Å². The molecule has 0 aliphatic heterocycles. The first-order valence-corrected chi connectivity index (χ1v) is 6.87. The number of carbonyl (C=O) groups is 1. The molecule has 0 N–H and O–H groups in total. The van der Waals surface area contributed by atoms with Crippen LogP contribution in [-0.4, -0.2) is 29.7 Å². The van der Waals surface area contributed by atoms with Crippen LogP contribution in [0.15, 0.2) is 22.7 Å². The van der Waals surface area contributed by atoms with Gasteiger partial charge < -0.3 is 4.90 Å². The molecule has 1 rings (SSSR count). The van der Waals surface area contributed by atoms with E-state index in [-0.39, 0.29) is 10.0 Å². The zero-order chi connectivity index (χ0) is 13.9. The van der Waals surface area contributed by atoms with Gasteiger partial charge in [-0.25, -0.2) is 0 Å². The number of amides is 1. The molecule has 1 amide bonds. The van der Waals surface area contributed by atoms with Crippen LogP contribution in [0.2, 0.25) is 0 Å². The van der Waals surface area contributed by atoms with Crippen molar-refractivity contribution < 1.29 is 18.0 Å². The van der Waals surface area contributed by atoms with Gasteiger partial charge in [-0.1, -0.05) is 31.9 Å². The van der Waals surface area contributed by atoms with Crippen LogP contribution in [0.25, 0.3) is 0 Å². The van der Waals surface area contributed by atoms with Crippen molar-refractivity contribution in [1.82, 2.24) is 4.90 Å². The summed E-state index contributed by atoms with van der Waals surface area (Å²) in [5.74, 6) is -0.438. The van der Waals surface area contributed by atoms with Crippen LogP contribution in [0.5, 0.6) is 0 Å². The quantitative estimate of drug-likeness (QED) is 0.718. The van der Waals surface area contributed by atoms with Crippen molar-refractivity contribution >= 4 is 37.8 Å². The summed E-state index contributed by atoms with van der Waals surface area (Å²) < 4.78 is 38.0. The molecule has 0 atom stereocenters. The topological polar surface area (TPSA) is 20.3 Å². The SMILES string of the molecule is CN(CCBr)C(=O)c1ccc(Br)c(C(F)(F)F)c1. The molecule has 2 nitrogen and oxygen atoms in total. The lowest BCUT2D eigenvalue weighted by molar-refractivity contribution is -0.138. The third-order valence-corrected chi connectivity index (χ3v) is 3.33. The number of carbonyl (C=O) groups excluding carboxylic acids is 1. The Kier molecular flexibility index (Phi) is 5.21. The fourth-order valence-corrected chi connectivity index (χ4v) is 2.33. The zero-order valence-electron chi connectivity index (χ0n) is 9.39. The van der Waals surface area contributed by atoms with E-state index in [0.29, 0.717) is 11.9 Å². The van der Waals surface area contributed by atoms with Crippen LogP contribution >= 0.6 is 31.9 Å². The molecule has 18 heavy (non-hydrogen) atoms. The summed E-state index contributed by atoms with van der Waals surface area (Å²) in [6.07, 6.45) is -4.48. The molecule has 0 unspecified atom stereocenters. The van der Waals surface area contributed by atoms with Crippen LogP contribution in [0.1, 0.15) is 15.9 Å². The first-order valence-electron chi connectivity index (χ1n) is 4.95. The van der Waals surface area contributed by atoms with Crippen molar-refractivity contribution in [2.45, 2.75) is 6.18 Å². The van der Waals surface area contributed by atoms with Crippen molar-refractivity contribution in [1.29, 1.82) is 0 Å². The molecule has 0 bridgehead atoms. The Balaban J connectivity index is 3.09. The highest BCUT2D eigenvalue weighted by molar-refractivity contribution is 9.10. The Bertz CT molecular complexity index is 448. The van der Waals surface area contributed by atoms with Gasteiger partial charge in [0, 0.05) is 29.0 Å². The molecule has 0 saturated carbocycles. The number of halogens is 5. The number of hydrogen-bond donors (Lipinski definition) is 0. The molecule has 1 aromatic rings. The van der Waals surface area contributed by atoms with E-state index in [1.807, 2.05) is 0 Å². The first kappa shape index (κ1) is 15.5. The van der Waals surface area contributed by atoms with Crippen molar-refractivity contribution in [3.63, 3.8) is 0 Å². The Morgan fingerprint density at radius 3 is 2.50 bits per heavy atom. The van der Waals surface area contributed by atoms with E-state index in [0.717, 1.165) is 6.07 Å². The second kappa shape index (κ2) is 6.06. The average Bonchev–Trinajstić information content (AvgIpc) is 2.27. The number of benzene rings is 1. The second-order valence-electron chi connectivity index (χ2n) is 3.61. The molecule has 0 aliphatic carbocycles. The lowest BCUT2D eigenvalue weighted by Crippen LogP contribution is -2.28. The molecule has 0 spiro atoms. The highest BCUT2D eigenvalue weighted by Crippen LogP contribution is 2.35. The Labute approximate surface area is 119 Å². The van der Waals surface area contributed by atoms with Gasteiger partial charge in [-0.3, -0.25) is 4.79 Å². The maximum absolute atomic E-state index is 12.7. The fourth-order valence-electron chi connectivity index (χ4n) is 1.32. The molecule has 0 heterocycles. The second-order valence-corrected chi connectivity index (χ2v) is 5.26. The van der Waals surface area contributed by atoms with E-state index in [2.05, 4.69) is 31.9 Å². The monoisotopic (exact) mass is 387 g/mol. The maximum atomic E-state index is 12.7. The van der Waals surface area contributed by atoms with Crippen LogP contribution in [0.3, 0.4) is 0 Å². The summed E-state index contributed by atoms with van der Waals surface area (Å²) in [7, 11) is 1.54. The van der Waals surface area contributed by atoms with Crippen LogP contribution in [0, 0.1) is 0 Å². The van der Waals surface area contributed by atoms with Gasteiger partial charge in [-0.05, 0) is 18.2 Å². The number of rotatable bonds is 3. The normalized spacial score (nSPS) is 11.4. The minimum atomic E-state index is -4.48. The van der Waals surface area contributed by atoms with Gasteiger partial charge in [0.05, 0.1) is 5.56 Å². The lowest BCUT2D eigenvalue weighted by Gasteiger charge is -2.17. The number of hydrogen-bond acceptors (Lipinski definition) is 1. The van der Waals surface area contributed by atoms with E-state index in [4.69, 9.17) is 0 Å². The molecule has 0 saturated heterocycles. The Hall–Kier alpha value is -0.560. The largest absolute Gasteiger partial charge is 0.417 e. The van der Waals surface area contributed by atoms with E-state index in [1.165, 1.54) is 17.0 Å². The summed E-state index contributed by atoms with van der Waals surface area (Å²) in [5, 5.41) is 0.567. The molecule has 0 aliphatic rings. The third-order valence-electron chi connectivity index (χ3n) is 2.29. The van der Waals surface area contributed by atoms with Crippen molar-refractivity contribution in [2.75, 3.05) is 18.9 Å². The van der Waals surface area contributed by atoms with Gasteiger partial charge >= 0.3 is 6.18 Å². The molecule has 0 radical (unpaired) electrons. The Morgan fingerprint density at radius 2 is 2.00 bits per heavy atom. The number of alkyl halides is 4. The van der Waals surface area contributed by atoms with Crippen molar-refractivity contribution in [3.8, 4) is 0 Å².